The fourth-order valence-corrected chi connectivity index (χ4v) is 2.10. The van der Waals surface area contributed by atoms with Crippen molar-refractivity contribution < 1.29 is 30.0 Å². The molecule has 1 rings (SSSR count). The molecular weight excluding hydrogens is 280 g/mol. The molecule has 0 amide bonds. The molecule has 0 heterocycles. The van der Waals surface area contributed by atoms with Gasteiger partial charge in [-0.2, -0.15) is 0 Å². The second kappa shape index (κ2) is 7.39. The first-order valence-corrected chi connectivity index (χ1v) is 6.59. The Kier molecular flexibility index (Phi) is 6.13. The van der Waals surface area contributed by atoms with Crippen molar-refractivity contribution in [3.8, 4) is 0 Å². The van der Waals surface area contributed by atoms with Crippen LogP contribution < -0.4 is 5.32 Å². The lowest BCUT2D eigenvalue weighted by Crippen LogP contribution is -2.44. The summed E-state index contributed by atoms with van der Waals surface area (Å²) in [6.07, 6.45) is -0.509. The number of nitrogens with zero attached hydrogens (tertiary/aromatic N) is 1. The lowest BCUT2D eigenvalue weighted by Gasteiger charge is -2.34. The van der Waals surface area contributed by atoms with E-state index in [1.54, 1.807) is 6.92 Å². The van der Waals surface area contributed by atoms with Gasteiger partial charge in [-0.3, -0.25) is 9.79 Å². The van der Waals surface area contributed by atoms with Gasteiger partial charge in [-0.15, -0.1) is 0 Å². The Balaban J connectivity index is 3.10. The SMILES string of the molecule is COC1=C(NCC(C)O)C[C@](O)(CO)CC1=NCC(=O)O. The predicted molar refractivity (Wildman–Crippen MR) is 74.9 cm³/mol. The molecule has 0 saturated heterocycles. The van der Waals surface area contributed by atoms with Gasteiger partial charge in [-0.25, -0.2) is 0 Å². The van der Waals surface area contributed by atoms with Crippen molar-refractivity contribution in [2.45, 2.75) is 31.5 Å². The highest BCUT2D eigenvalue weighted by Crippen LogP contribution is 2.30. The zero-order chi connectivity index (χ0) is 16.0. The number of aliphatic hydroxyl groups is 3. The summed E-state index contributed by atoms with van der Waals surface area (Å²) >= 11 is 0. The summed E-state index contributed by atoms with van der Waals surface area (Å²) in [7, 11) is 1.42. The summed E-state index contributed by atoms with van der Waals surface area (Å²) in [5, 5.41) is 40.6. The van der Waals surface area contributed by atoms with Crippen LogP contribution in [0.5, 0.6) is 0 Å². The van der Waals surface area contributed by atoms with Crippen LogP contribution in [0, 0.1) is 0 Å². The van der Waals surface area contributed by atoms with Gasteiger partial charge in [0, 0.05) is 19.4 Å². The van der Waals surface area contributed by atoms with E-state index in [0.29, 0.717) is 11.5 Å². The van der Waals surface area contributed by atoms with Crippen molar-refractivity contribution in [2.75, 3.05) is 26.8 Å². The standard InChI is InChI=1S/C13H22N2O6/c1-8(17)5-14-9-3-13(20,7-16)4-10(12(9)21-2)15-6-11(18)19/h8,14,16-17,20H,3-7H2,1-2H3,(H,18,19)/t8?,13-/m1/s1. The predicted octanol–water partition coefficient (Wildman–Crippen LogP) is -1.14. The molecular formula is C13H22N2O6. The second-order valence-corrected chi connectivity index (χ2v) is 5.13. The number of allylic oxidation sites excluding steroid dienone is 1. The highest BCUT2D eigenvalue weighted by atomic mass is 16.5. The Morgan fingerprint density at radius 3 is 2.67 bits per heavy atom. The third-order valence-corrected chi connectivity index (χ3v) is 3.05. The van der Waals surface area contributed by atoms with Crippen molar-refractivity contribution in [3.63, 3.8) is 0 Å². The van der Waals surface area contributed by atoms with Crippen LogP contribution in [0.3, 0.4) is 0 Å². The molecule has 0 aliphatic heterocycles. The smallest absolute Gasteiger partial charge is 0.325 e. The van der Waals surface area contributed by atoms with Gasteiger partial charge >= 0.3 is 5.97 Å². The summed E-state index contributed by atoms with van der Waals surface area (Å²) < 4.78 is 5.24. The number of hydrogen-bond acceptors (Lipinski definition) is 7. The molecule has 21 heavy (non-hydrogen) atoms. The minimum absolute atomic E-state index is 0.000187. The number of hydrogen-bond donors (Lipinski definition) is 5. The summed E-state index contributed by atoms with van der Waals surface area (Å²) in [6, 6.07) is 0. The third kappa shape index (κ3) is 5.00. The van der Waals surface area contributed by atoms with Crippen LogP contribution in [0.2, 0.25) is 0 Å². The largest absolute Gasteiger partial charge is 0.493 e. The van der Waals surface area contributed by atoms with E-state index in [1.165, 1.54) is 7.11 Å². The summed E-state index contributed by atoms with van der Waals surface area (Å²) in [4.78, 5) is 14.6. The van der Waals surface area contributed by atoms with E-state index < -0.39 is 30.8 Å². The molecule has 8 heteroatoms. The number of aliphatic hydroxyl groups excluding tert-OH is 2. The van der Waals surface area contributed by atoms with E-state index in [9.17, 15) is 20.1 Å². The molecule has 5 N–H and O–H groups in total. The van der Waals surface area contributed by atoms with Gasteiger partial charge in [0.2, 0.25) is 0 Å². The Labute approximate surface area is 122 Å². The molecule has 120 valence electrons. The maximum Gasteiger partial charge on any atom is 0.325 e. The van der Waals surface area contributed by atoms with E-state index >= 15 is 0 Å². The van der Waals surface area contributed by atoms with Crippen molar-refractivity contribution in [2.24, 2.45) is 4.99 Å². The number of carboxylic acid groups (broad SMARTS) is 1. The topological polar surface area (TPSA) is 132 Å². The normalized spacial score (nSPS) is 25.9. The van der Waals surface area contributed by atoms with Crippen LogP contribution in [-0.2, 0) is 9.53 Å². The average Bonchev–Trinajstić information content (AvgIpc) is 2.42. The van der Waals surface area contributed by atoms with Crippen LogP contribution in [0.25, 0.3) is 0 Å². The van der Waals surface area contributed by atoms with Crippen molar-refractivity contribution >= 4 is 11.7 Å². The van der Waals surface area contributed by atoms with Gasteiger partial charge in [-0.1, -0.05) is 0 Å². The number of carbonyl (C=O) groups is 1. The van der Waals surface area contributed by atoms with E-state index in [2.05, 4.69) is 10.3 Å². The fraction of sp³-hybridized carbons (Fsp3) is 0.692. The van der Waals surface area contributed by atoms with Gasteiger partial charge in [0.25, 0.3) is 0 Å². The maximum absolute atomic E-state index is 10.6. The van der Waals surface area contributed by atoms with E-state index in [4.69, 9.17) is 9.84 Å². The Morgan fingerprint density at radius 1 is 1.52 bits per heavy atom. The quantitative estimate of drug-likeness (QED) is 0.401. The second-order valence-electron chi connectivity index (χ2n) is 5.13. The molecule has 0 saturated carbocycles. The molecule has 1 aliphatic carbocycles. The number of aliphatic imine (C=N–C) groups is 1. The number of aliphatic carboxylic acids is 1. The van der Waals surface area contributed by atoms with Crippen LogP contribution in [0.1, 0.15) is 19.8 Å². The fourth-order valence-electron chi connectivity index (χ4n) is 2.10. The highest BCUT2D eigenvalue weighted by molar-refractivity contribution is 6.01. The molecule has 0 aromatic heterocycles. The maximum atomic E-state index is 10.6. The molecule has 0 spiro atoms. The van der Waals surface area contributed by atoms with E-state index in [-0.39, 0.29) is 25.1 Å². The van der Waals surface area contributed by atoms with Gasteiger partial charge in [-0.05, 0) is 6.92 Å². The molecule has 1 aliphatic rings. The summed E-state index contributed by atoms with van der Waals surface area (Å²) in [5.41, 5.74) is -0.679. The molecule has 0 bridgehead atoms. The zero-order valence-corrected chi connectivity index (χ0v) is 12.2. The van der Waals surface area contributed by atoms with Crippen molar-refractivity contribution in [3.05, 3.63) is 11.5 Å². The lowest BCUT2D eigenvalue weighted by atomic mass is 9.85. The first-order chi connectivity index (χ1) is 9.81. The summed E-state index contributed by atoms with van der Waals surface area (Å²) in [6.45, 7) is 0.889. The van der Waals surface area contributed by atoms with Gasteiger partial charge in [0.05, 0.1) is 36.8 Å². The Hall–Kier alpha value is -1.64. The number of carboxylic acids is 1. The molecule has 2 atom stereocenters. The number of nitrogens with one attached hydrogen (secondary N) is 1. The van der Waals surface area contributed by atoms with Crippen LogP contribution in [0.15, 0.2) is 16.4 Å². The number of ether oxygens (including phenoxy) is 1. The lowest BCUT2D eigenvalue weighted by molar-refractivity contribution is -0.135. The molecule has 0 fully saturated rings. The molecule has 0 aromatic rings. The number of methoxy groups -OCH3 is 1. The van der Waals surface area contributed by atoms with Crippen LogP contribution in [-0.4, -0.2) is 70.6 Å². The third-order valence-electron chi connectivity index (χ3n) is 3.05. The minimum atomic E-state index is -1.43. The first kappa shape index (κ1) is 17.4. The molecule has 0 radical (unpaired) electrons. The zero-order valence-electron chi connectivity index (χ0n) is 12.2. The van der Waals surface area contributed by atoms with Crippen LogP contribution >= 0.6 is 0 Å². The van der Waals surface area contributed by atoms with Crippen LogP contribution in [0.4, 0.5) is 0 Å². The Morgan fingerprint density at radius 2 is 2.19 bits per heavy atom. The average molecular weight is 302 g/mol. The summed E-state index contributed by atoms with van der Waals surface area (Å²) in [5.74, 6) is -0.760. The minimum Gasteiger partial charge on any atom is -0.493 e. The highest BCUT2D eigenvalue weighted by Gasteiger charge is 2.37. The molecule has 0 aromatic carbocycles. The molecule has 8 nitrogen and oxygen atoms in total. The number of rotatable bonds is 7. The van der Waals surface area contributed by atoms with E-state index in [1.807, 2.05) is 0 Å². The van der Waals surface area contributed by atoms with Crippen molar-refractivity contribution in [1.29, 1.82) is 0 Å². The monoisotopic (exact) mass is 302 g/mol. The molecule has 1 unspecified atom stereocenters. The van der Waals surface area contributed by atoms with Gasteiger partial charge < -0.3 is 30.5 Å². The van der Waals surface area contributed by atoms with E-state index in [0.717, 1.165) is 0 Å². The Bertz CT molecular complexity index is 446. The first-order valence-electron chi connectivity index (χ1n) is 6.59. The van der Waals surface area contributed by atoms with Gasteiger partial charge in [0.1, 0.15) is 6.54 Å². The van der Waals surface area contributed by atoms with Gasteiger partial charge in [0.15, 0.2) is 5.76 Å². The van der Waals surface area contributed by atoms with Crippen molar-refractivity contribution in [1.82, 2.24) is 5.32 Å².